The van der Waals surface area contributed by atoms with Crippen molar-refractivity contribution in [2.24, 2.45) is 11.8 Å². The van der Waals surface area contributed by atoms with E-state index in [1.54, 1.807) is 32.1 Å². The lowest BCUT2D eigenvalue weighted by Crippen LogP contribution is -2.20. The Bertz CT molecular complexity index is 213. The van der Waals surface area contributed by atoms with E-state index in [9.17, 15) is 0 Å². The van der Waals surface area contributed by atoms with Gasteiger partial charge in [-0.15, -0.1) is 15.8 Å². The van der Waals surface area contributed by atoms with Gasteiger partial charge >= 0.3 is 0 Å². The quantitative estimate of drug-likeness (QED) is 0.617. The van der Waals surface area contributed by atoms with Gasteiger partial charge < -0.3 is 0 Å². The average Bonchev–Trinajstić information content (AvgIpc) is 2.86. The first-order chi connectivity index (χ1) is 8.09. The normalized spacial score (nSPS) is 38.5. The highest BCUT2D eigenvalue weighted by molar-refractivity contribution is 7.57. The SMILES string of the molecule is CP(C)C1CCCC1CC1CCCC1P(C)C. The van der Waals surface area contributed by atoms with Crippen LogP contribution in [0.15, 0.2) is 0 Å². The van der Waals surface area contributed by atoms with Gasteiger partial charge in [0.25, 0.3) is 0 Å². The van der Waals surface area contributed by atoms with E-state index in [0.717, 1.165) is 23.2 Å². The Kier molecular flexibility index (Phi) is 5.32. The van der Waals surface area contributed by atoms with Crippen LogP contribution < -0.4 is 0 Å². The molecule has 100 valence electrons. The number of hydrogen-bond donors (Lipinski definition) is 0. The molecular weight excluding hydrogens is 242 g/mol. The first kappa shape index (κ1) is 14.3. The largest absolute Gasteiger partial charge is 0.110 e. The molecule has 4 unspecified atom stereocenters. The first-order valence-corrected chi connectivity index (χ1v) is 12.0. The lowest BCUT2D eigenvalue weighted by molar-refractivity contribution is 0.389. The lowest BCUT2D eigenvalue weighted by Gasteiger charge is -2.30. The van der Waals surface area contributed by atoms with Crippen molar-refractivity contribution in [1.29, 1.82) is 0 Å². The monoisotopic (exact) mass is 272 g/mol. The standard InChI is InChI=1S/C15H30P2/c1-16(2)14-9-5-7-12(14)11-13-8-6-10-15(13)17(3)4/h12-15H,5-11H2,1-4H3. The Labute approximate surface area is 111 Å². The van der Waals surface area contributed by atoms with Crippen LogP contribution >= 0.6 is 15.8 Å². The van der Waals surface area contributed by atoms with Gasteiger partial charge in [-0.05, 0) is 81.9 Å². The summed E-state index contributed by atoms with van der Waals surface area (Å²) in [4.78, 5) is 0. The average molecular weight is 272 g/mol. The molecule has 0 bridgehead atoms. The molecule has 17 heavy (non-hydrogen) atoms. The van der Waals surface area contributed by atoms with Gasteiger partial charge in [0.05, 0.1) is 0 Å². The molecule has 0 radical (unpaired) electrons. The van der Waals surface area contributed by atoms with Crippen molar-refractivity contribution in [2.45, 2.75) is 56.3 Å². The third-order valence-electron chi connectivity index (χ3n) is 5.17. The molecule has 0 aliphatic heterocycles. The summed E-state index contributed by atoms with van der Waals surface area (Å²) in [5, 5.41) is 0. The maximum absolute atomic E-state index is 2.51. The van der Waals surface area contributed by atoms with Gasteiger partial charge in [0.2, 0.25) is 0 Å². The third kappa shape index (κ3) is 3.45. The molecule has 0 aromatic heterocycles. The second-order valence-electron chi connectivity index (χ2n) is 6.68. The van der Waals surface area contributed by atoms with E-state index < -0.39 is 0 Å². The summed E-state index contributed by atoms with van der Waals surface area (Å²) in [6.07, 6.45) is 10.9. The van der Waals surface area contributed by atoms with E-state index in [-0.39, 0.29) is 0 Å². The summed E-state index contributed by atoms with van der Waals surface area (Å²) in [5.74, 6) is 2.22. The Morgan fingerprint density at radius 3 is 1.47 bits per heavy atom. The first-order valence-electron chi connectivity index (χ1n) is 7.42. The van der Waals surface area contributed by atoms with Crippen LogP contribution in [0.4, 0.5) is 0 Å². The molecule has 0 saturated heterocycles. The van der Waals surface area contributed by atoms with Gasteiger partial charge in [-0.1, -0.05) is 12.8 Å². The van der Waals surface area contributed by atoms with Gasteiger partial charge in [0.15, 0.2) is 0 Å². The molecule has 0 spiro atoms. The van der Waals surface area contributed by atoms with Crippen LogP contribution in [0.3, 0.4) is 0 Å². The van der Waals surface area contributed by atoms with Crippen molar-refractivity contribution in [3.05, 3.63) is 0 Å². The highest BCUT2D eigenvalue weighted by atomic mass is 31.1. The van der Waals surface area contributed by atoms with E-state index in [1.165, 1.54) is 12.8 Å². The zero-order valence-electron chi connectivity index (χ0n) is 12.2. The molecule has 0 nitrogen and oxygen atoms in total. The molecule has 0 amide bonds. The molecular formula is C15H30P2. The van der Waals surface area contributed by atoms with Crippen molar-refractivity contribution >= 4 is 15.8 Å². The predicted molar refractivity (Wildman–Crippen MR) is 84.4 cm³/mol. The van der Waals surface area contributed by atoms with E-state index >= 15 is 0 Å². The van der Waals surface area contributed by atoms with Gasteiger partial charge in [0, 0.05) is 0 Å². The van der Waals surface area contributed by atoms with E-state index in [2.05, 4.69) is 26.7 Å². The molecule has 2 aliphatic carbocycles. The maximum Gasteiger partial charge on any atom is -0.0186 e. The van der Waals surface area contributed by atoms with Crippen LogP contribution in [0.2, 0.25) is 0 Å². The summed E-state index contributed by atoms with van der Waals surface area (Å²) >= 11 is 0. The third-order valence-corrected chi connectivity index (χ3v) is 9.18. The Morgan fingerprint density at radius 2 is 1.12 bits per heavy atom. The van der Waals surface area contributed by atoms with Gasteiger partial charge in [0.1, 0.15) is 0 Å². The molecule has 2 fully saturated rings. The summed E-state index contributed by atoms with van der Waals surface area (Å²) in [5.41, 5.74) is 2.23. The minimum Gasteiger partial charge on any atom is -0.110 e. The van der Waals surface area contributed by atoms with Gasteiger partial charge in [-0.3, -0.25) is 0 Å². The highest BCUT2D eigenvalue weighted by Crippen LogP contribution is 2.53. The highest BCUT2D eigenvalue weighted by Gasteiger charge is 2.36. The fourth-order valence-corrected chi connectivity index (χ4v) is 7.96. The second-order valence-corrected chi connectivity index (χ2v) is 11.9. The van der Waals surface area contributed by atoms with Crippen molar-refractivity contribution in [2.75, 3.05) is 26.7 Å². The Balaban J connectivity index is 1.91. The molecule has 2 heteroatoms. The van der Waals surface area contributed by atoms with Crippen LogP contribution in [0.1, 0.15) is 44.9 Å². The Hall–Kier alpha value is 0.860. The zero-order valence-corrected chi connectivity index (χ0v) is 13.9. The molecule has 0 aromatic rings. The summed E-state index contributed by atoms with van der Waals surface area (Å²) in [6, 6.07) is 0. The van der Waals surface area contributed by atoms with Crippen molar-refractivity contribution in [3.8, 4) is 0 Å². The smallest absolute Gasteiger partial charge is 0.0186 e. The van der Waals surface area contributed by atoms with E-state index in [0.29, 0.717) is 15.8 Å². The molecule has 0 aromatic carbocycles. The van der Waals surface area contributed by atoms with Gasteiger partial charge in [-0.25, -0.2) is 0 Å². The fourth-order valence-electron chi connectivity index (χ4n) is 4.33. The molecule has 2 rings (SSSR count). The van der Waals surface area contributed by atoms with E-state index in [4.69, 9.17) is 0 Å². The van der Waals surface area contributed by atoms with Crippen LogP contribution in [-0.4, -0.2) is 38.0 Å². The minimum absolute atomic E-state index is 0.315. The number of hydrogen-bond acceptors (Lipinski definition) is 0. The topological polar surface area (TPSA) is 0 Å². The summed E-state index contributed by atoms with van der Waals surface area (Å²) < 4.78 is 0. The minimum atomic E-state index is 0.315. The van der Waals surface area contributed by atoms with Crippen LogP contribution in [-0.2, 0) is 0 Å². The maximum atomic E-state index is 2.51. The number of rotatable bonds is 4. The van der Waals surface area contributed by atoms with Crippen LogP contribution in [0.25, 0.3) is 0 Å². The second kappa shape index (κ2) is 6.34. The summed E-state index contributed by atoms with van der Waals surface area (Å²) in [6.45, 7) is 10.0. The molecule has 4 atom stereocenters. The van der Waals surface area contributed by atoms with Crippen molar-refractivity contribution < 1.29 is 0 Å². The fraction of sp³-hybridized carbons (Fsp3) is 1.00. The molecule has 2 saturated carbocycles. The molecule has 0 heterocycles. The lowest BCUT2D eigenvalue weighted by atomic mass is 9.91. The molecule has 2 aliphatic rings. The van der Waals surface area contributed by atoms with Crippen molar-refractivity contribution in [1.82, 2.24) is 0 Å². The van der Waals surface area contributed by atoms with Crippen LogP contribution in [0.5, 0.6) is 0 Å². The van der Waals surface area contributed by atoms with Crippen LogP contribution in [0, 0.1) is 11.8 Å². The van der Waals surface area contributed by atoms with Gasteiger partial charge in [-0.2, -0.15) is 0 Å². The Morgan fingerprint density at radius 1 is 0.706 bits per heavy atom. The zero-order chi connectivity index (χ0) is 12.4. The van der Waals surface area contributed by atoms with Crippen molar-refractivity contribution in [3.63, 3.8) is 0 Å². The predicted octanol–water partition coefficient (Wildman–Crippen LogP) is 5.20. The molecule has 0 N–H and O–H groups in total. The summed E-state index contributed by atoms with van der Waals surface area (Å²) in [7, 11) is 0.629. The van der Waals surface area contributed by atoms with E-state index in [1.807, 2.05) is 0 Å².